The van der Waals surface area contributed by atoms with Crippen molar-refractivity contribution >= 4 is 34.1 Å². The SMILES string of the molecule is CCN1Cc2nc(Nc3ccc(-c4ccnc5c4ccn5C)c4c3C(=O)NC4)ccc2N2CCOCC2C1. The Bertz CT molecular complexity index is 1560. The fourth-order valence-electron chi connectivity index (χ4n) is 6.12. The molecule has 6 heterocycles. The van der Waals surface area contributed by atoms with Crippen molar-refractivity contribution < 1.29 is 9.53 Å². The number of morpholine rings is 1. The van der Waals surface area contributed by atoms with E-state index in [1.807, 2.05) is 42.2 Å². The van der Waals surface area contributed by atoms with Crippen LogP contribution < -0.4 is 15.5 Å². The van der Waals surface area contributed by atoms with E-state index in [0.717, 1.165) is 84.3 Å². The van der Waals surface area contributed by atoms with Crippen LogP contribution in [0.4, 0.5) is 17.2 Å². The summed E-state index contributed by atoms with van der Waals surface area (Å²) in [6.45, 7) is 7.77. The summed E-state index contributed by atoms with van der Waals surface area (Å²) in [6, 6.07) is 12.7. The van der Waals surface area contributed by atoms with Crippen molar-refractivity contribution in [2.24, 2.45) is 7.05 Å². The molecule has 9 heteroatoms. The Kier molecular flexibility index (Phi) is 5.56. The maximum Gasteiger partial charge on any atom is 0.254 e. The van der Waals surface area contributed by atoms with Crippen molar-refractivity contribution in [3.05, 3.63) is 65.6 Å². The van der Waals surface area contributed by atoms with Gasteiger partial charge in [0.25, 0.3) is 5.91 Å². The molecule has 9 nitrogen and oxygen atoms in total. The van der Waals surface area contributed by atoms with E-state index in [1.165, 1.54) is 5.69 Å². The van der Waals surface area contributed by atoms with E-state index in [1.54, 1.807) is 0 Å². The average Bonchev–Trinajstić information content (AvgIpc) is 3.47. The Labute approximate surface area is 221 Å². The molecule has 2 N–H and O–H groups in total. The number of anilines is 3. The lowest BCUT2D eigenvalue weighted by Crippen LogP contribution is -2.49. The van der Waals surface area contributed by atoms with E-state index >= 15 is 0 Å². The van der Waals surface area contributed by atoms with Gasteiger partial charge in [0.05, 0.1) is 41.9 Å². The highest BCUT2D eigenvalue weighted by atomic mass is 16.5. The largest absolute Gasteiger partial charge is 0.377 e. The standard InChI is InChI=1S/C29H31N7O2/c1-3-35-15-18-17-38-13-12-36(18)25-6-7-26(33-24(25)16-35)32-23-5-4-19(22-14-31-29(37)27(22)23)20-8-10-30-28-21(20)9-11-34(28)2/h4-11,18H,3,12-17H2,1-2H3,(H,31,37)(H,32,33). The number of nitrogens with zero attached hydrogens (tertiary/aromatic N) is 5. The van der Waals surface area contributed by atoms with Gasteiger partial charge in [0.15, 0.2) is 0 Å². The molecule has 0 radical (unpaired) electrons. The van der Waals surface area contributed by atoms with Gasteiger partial charge in [0.2, 0.25) is 0 Å². The number of benzene rings is 1. The fourth-order valence-corrected chi connectivity index (χ4v) is 6.12. The number of aromatic nitrogens is 3. The van der Waals surface area contributed by atoms with Gasteiger partial charge < -0.3 is 24.8 Å². The van der Waals surface area contributed by atoms with Crippen LogP contribution in [-0.4, -0.2) is 64.2 Å². The van der Waals surface area contributed by atoms with Crippen molar-refractivity contribution in [3.63, 3.8) is 0 Å². The molecular formula is C29H31N7O2. The zero-order valence-corrected chi connectivity index (χ0v) is 21.7. The molecule has 1 saturated heterocycles. The molecule has 3 aliphatic rings. The van der Waals surface area contributed by atoms with E-state index in [4.69, 9.17) is 9.72 Å². The van der Waals surface area contributed by atoms with E-state index in [9.17, 15) is 4.79 Å². The molecule has 38 heavy (non-hydrogen) atoms. The number of carbonyl (C=O) groups excluding carboxylic acids is 1. The van der Waals surface area contributed by atoms with Crippen molar-refractivity contribution in [3.8, 4) is 11.1 Å². The first-order valence-corrected chi connectivity index (χ1v) is 13.3. The Balaban J connectivity index is 1.26. The first-order valence-electron chi connectivity index (χ1n) is 13.3. The van der Waals surface area contributed by atoms with Gasteiger partial charge in [-0.05, 0) is 53.6 Å². The smallest absolute Gasteiger partial charge is 0.254 e. The number of ether oxygens (including phenoxy) is 1. The lowest BCUT2D eigenvalue weighted by molar-refractivity contribution is 0.0817. The molecule has 4 aromatic rings. The van der Waals surface area contributed by atoms with E-state index in [2.05, 4.69) is 50.5 Å². The van der Waals surface area contributed by atoms with Crippen LogP contribution in [-0.2, 0) is 24.9 Å². The Morgan fingerprint density at radius 3 is 2.97 bits per heavy atom. The predicted octanol–water partition coefficient (Wildman–Crippen LogP) is 3.66. The number of carbonyl (C=O) groups is 1. The van der Waals surface area contributed by atoms with Gasteiger partial charge in [-0.25, -0.2) is 9.97 Å². The Hall–Kier alpha value is -3.95. The minimum atomic E-state index is -0.0641. The molecular weight excluding hydrogens is 478 g/mol. The summed E-state index contributed by atoms with van der Waals surface area (Å²) in [5.74, 6) is 0.682. The third-order valence-corrected chi connectivity index (χ3v) is 8.06. The Morgan fingerprint density at radius 1 is 1.16 bits per heavy atom. The van der Waals surface area contributed by atoms with Crippen molar-refractivity contribution in [2.45, 2.75) is 26.1 Å². The molecule has 1 aromatic carbocycles. The molecule has 194 valence electrons. The lowest BCUT2D eigenvalue weighted by atomic mass is 9.94. The molecule has 3 aromatic heterocycles. The highest BCUT2D eigenvalue weighted by molar-refractivity contribution is 6.07. The van der Waals surface area contributed by atoms with Crippen LogP contribution >= 0.6 is 0 Å². The number of likely N-dealkylation sites (N-methyl/N-ethyl adjacent to an activating group) is 1. The highest BCUT2D eigenvalue weighted by Gasteiger charge is 2.31. The quantitative estimate of drug-likeness (QED) is 0.434. The summed E-state index contributed by atoms with van der Waals surface area (Å²) in [7, 11) is 1.99. The number of pyridine rings is 2. The number of hydrogen-bond acceptors (Lipinski definition) is 7. The number of rotatable bonds is 4. The number of hydrogen-bond donors (Lipinski definition) is 2. The van der Waals surface area contributed by atoms with Gasteiger partial charge >= 0.3 is 0 Å². The minimum absolute atomic E-state index is 0.0641. The molecule has 7 rings (SSSR count). The molecule has 1 unspecified atom stereocenters. The maximum absolute atomic E-state index is 13.0. The van der Waals surface area contributed by atoms with Gasteiger partial charge in [-0.2, -0.15) is 0 Å². The first kappa shape index (κ1) is 23.2. The van der Waals surface area contributed by atoms with Crippen molar-refractivity contribution in [2.75, 3.05) is 43.1 Å². The van der Waals surface area contributed by atoms with Crippen LogP contribution in [0.5, 0.6) is 0 Å². The second-order valence-corrected chi connectivity index (χ2v) is 10.3. The molecule has 3 aliphatic heterocycles. The zero-order valence-electron chi connectivity index (χ0n) is 21.7. The monoisotopic (exact) mass is 509 g/mol. The number of amides is 1. The fraction of sp³-hybridized carbons (Fsp3) is 0.345. The van der Waals surface area contributed by atoms with Crippen LogP contribution in [0.15, 0.2) is 48.8 Å². The second-order valence-electron chi connectivity index (χ2n) is 10.3. The third kappa shape index (κ3) is 3.73. The van der Waals surface area contributed by atoms with Crippen LogP contribution in [0.1, 0.15) is 28.5 Å². The second kappa shape index (κ2) is 9.11. The van der Waals surface area contributed by atoms with E-state index in [0.29, 0.717) is 18.2 Å². The van der Waals surface area contributed by atoms with Gasteiger partial charge in [-0.15, -0.1) is 0 Å². The summed E-state index contributed by atoms with van der Waals surface area (Å²) in [5.41, 5.74) is 7.75. The van der Waals surface area contributed by atoms with Gasteiger partial charge in [-0.1, -0.05) is 13.0 Å². The van der Waals surface area contributed by atoms with Crippen molar-refractivity contribution in [1.29, 1.82) is 0 Å². The van der Waals surface area contributed by atoms with Gasteiger partial charge in [0.1, 0.15) is 11.5 Å². The van der Waals surface area contributed by atoms with Gasteiger partial charge in [0, 0.05) is 51.0 Å². The lowest BCUT2D eigenvalue weighted by Gasteiger charge is -2.37. The highest BCUT2D eigenvalue weighted by Crippen LogP contribution is 2.38. The van der Waals surface area contributed by atoms with Crippen LogP contribution in [0.2, 0.25) is 0 Å². The first-order chi connectivity index (χ1) is 18.6. The van der Waals surface area contributed by atoms with Crippen LogP contribution in [0.3, 0.4) is 0 Å². The maximum atomic E-state index is 13.0. The number of nitrogens with one attached hydrogen (secondary N) is 2. The zero-order chi connectivity index (χ0) is 25.8. The van der Waals surface area contributed by atoms with Crippen molar-refractivity contribution in [1.82, 2.24) is 24.8 Å². The van der Waals surface area contributed by atoms with Crippen LogP contribution in [0, 0.1) is 0 Å². The van der Waals surface area contributed by atoms with E-state index < -0.39 is 0 Å². The summed E-state index contributed by atoms with van der Waals surface area (Å²) >= 11 is 0. The van der Waals surface area contributed by atoms with Gasteiger partial charge in [-0.3, -0.25) is 9.69 Å². The number of fused-ring (bicyclic) bond motifs is 5. The Morgan fingerprint density at radius 2 is 2.08 bits per heavy atom. The molecule has 0 spiro atoms. The number of aryl methyl sites for hydroxylation is 1. The summed E-state index contributed by atoms with van der Waals surface area (Å²) in [5, 5.41) is 7.59. The van der Waals surface area contributed by atoms with Crippen LogP contribution in [0.25, 0.3) is 22.2 Å². The van der Waals surface area contributed by atoms with E-state index in [-0.39, 0.29) is 5.91 Å². The third-order valence-electron chi connectivity index (χ3n) is 8.06. The summed E-state index contributed by atoms with van der Waals surface area (Å²) < 4.78 is 7.80. The molecule has 0 aliphatic carbocycles. The molecule has 1 fully saturated rings. The topological polar surface area (TPSA) is 87.5 Å². The summed E-state index contributed by atoms with van der Waals surface area (Å²) in [6.07, 6.45) is 3.85. The molecule has 0 bridgehead atoms. The normalized spacial score (nSPS) is 19.1. The average molecular weight is 510 g/mol. The molecule has 1 atom stereocenters. The predicted molar refractivity (Wildman–Crippen MR) is 148 cm³/mol. The summed E-state index contributed by atoms with van der Waals surface area (Å²) in [4.78, 5) is 27.5. The molecule has 0 saturated carbocycles. The minimum Gasteiger partial charge on any atom is -0.377 e. The molecule has 1 amide bonds.